The summed E-state index contributed by atoms with van der Waals surface area (Å²) in [6, 6.07) is 19.8. The van der Waals surface area contributed by atoms with E-state index < -0.39 is 11.8 Å². The van der Waals surface area contributed by atoms with Crippen LogP contribution in [0.2, 0.25) is 0 Å². The monoisotopic (exact) mass is 388 g/mol. The molecule has 1 fully saturated rings. The van der Waals surface area contributed by atoms with Crippen LogP contribution < -0.4 is 9.80 Å². The second-order valence-corrected chi connectivity index (χ2v) is 6.62. The third-order valence-corrected chi connectivity index (χ3v) is 4.82. The number of rotatable bonds is 3. The molecule has 0 unspecified atom stereocenters. The molecular formula is C22H16N2O3S. The summed E-state index contributed by atoms with van der Waals surface area (Å²) < 4.78 is 5.31. The predicted molar refractivity (Wildman–Crippen MR) is 112 cm³/mol. The minimum atomic E-state index is -0.484. The van der Waals surface area contributed by atoms with E-state index >= 15 is 0 Å². The molecule has 0 spiro atoms. The number of para-hydroxylation sites is 2. The molecule has 28 heavy (non-hydrogen) atoms. The number of aryl methyl sites for hydroxylation is 1. The van der Waals surface area contributed by atoms with Crippen molar-refractivity contribution in [3.8, 4) is 0 Å². The molecule has 5 nitrogen and oxygen atoms in total. The second-order valence-electron chi connectivity index (χ2n) is 6.26. The van der Waals surface area contributed by atoms with Crippen LogP contribution in [0.25, 0.3) is 6.08 Å². The van der Waals surface area contributed by atoms with E-state index in [1.165, 1.54) is 22.1 Å². The Hall–Kier alpha value is -3.51. The quantitative estimate of drug-likeness (QED) is 0.381. The van der Waals surface area contributed by atoms with Gasteiger partial charge in [0.25, 0.3) is 11.8 Å². The van der Waals surface area contributed by atoms with Crippen LogP contribution in [0, 0.1) is 6.92 Å². The van der Waals surface area contributed by atoms with Gasteiger partial charge >= 0.3 is 0 Å². The highest BCUT2D eigenvalue weighted by atomic mass is 32.1. The zero-order valence-electron chi connectivity index (χ0n) is 15.0. The lowest BCUT2D eigenvalue weighted by Crippen LogP contribution is -2.57. The van der Waals surface area contributed by atoms with Crippen molar-refractivity contribution >= 4 is 46.6 Å². The summed E-state index contributed by atoms with van der Waals surface area (Å²) in [6.07, 6.45) is 2.94. The number of carbonyl (C=O) groups excluding carboxylic acids is 2. The fraction of sp³-hybridized carbons (Fsp3) is 0.0455. The van der Waals surface area contributed by atoms with Gasteiger partial charge in [-0.05, 0) is 61.1 Å². The van der Waals surface area contributed by atoms with Gasteiger partial charge in [-0.2, -0.15) is 0 Å². The zero-order valence-corrected chi connectivity index (χ0v) is 15.8. The Morgan fingerprint density at radius 3 is 2.21 bits per heavy atom. The van der Waals surface area contributed by atoms with E-state index in [1.54, 1.807) is 24.3 Å². The minimum absolute atomic E-state index is 0.0179. The maximum absolute atomic E-state index is 13.3. The Balaban J connectivity index is 1.89. The van der Waals surface area contributed by atoms with Gasteiger partial charge in [-0.25, -0.2) is 0 Å². The summed E-state index contributed by atoms with van der Waals surface area (Å²) in [5.41, 5.74) is 2.08. The van der Waals surface area contributed by atoms with Crippen LogP contribution in [-0.2, 0) is 9.59 Å². The van der Waals surface area contributed by atoms with Gasteiger partial charge in [0.05, 0.1) is 17.6 Å². The summed E-state index contributed by atoms with van der Waals surface area (Å²) in [6.45, 7) is 1.89. The predicted octanol–water partition coefficient (Wildman–Crippen LogP) is 4.34. The van der Waals surface area contributed by atoms with Crippen molar-refractivity contribution in [3.63, 3.8) is 0 Å². The molecule has 0 saturated carbocycles. The number of furan rings is 1. The smallest absolute Gasteiger partial charge is 0.270 e. The van der Waals surface area contributed by atoms with Crippen molar-refractivity contribution in [1.82, 2.24) is 0 Å². The third-order valence-electron chi connectivity index (χ3n) is 4.45. The highest BCUT2D eigenvalue weighted by Crippen LogP contribution is 2.31. The van der Waals surface area contributed by atoms with Gasteiger partial charge in [-0.15, -0.1) is 0 Å². The number of hydrogen-bond donors (Lipinski definition) is 0. The number of thiocarbonyl (C=S) groups is 1. The number of anilines is 2. The van der Waals surface area contributed by atoms with Crippen molar-refractivity contribution in [1.29, 1.82) is 0 Å². The topological polar surface area (TPSA) is 53.8 Å². The lowest BCUT2D eigenvalue weighted by molar-refractivity contribution is -0.120. The molecule has 0 N–H and O–H groups in total. The first kappa shape index (κ1) is 17.9. The van der Waals surface area contributed by atoms with Gasteiger partial charge in [-0.3, -0.25) is 19.4 Å². The molecule has 0 radical (unpaired) electrons. The number of amides is 2. The molecule has 2 heterocycles. The van der Waals surface area contributed by atoms with E-state index in [-0.39, 0.29) is 10.7 Å². The Kier molecular flexibility index (Phi) is 4.63. The van der Waals surface area contributed by atoms with Crippen molar-refractivity contribution in [2.45, 2.75) is 6.92 Å². The summed E-state index contributed by atoms with van der Waals surface area (Å²) in [5, 5.41) is 0.118. The Morgan fingerprint density at radius 2 is 1.54 bits per heavy atom. The maximum Gasteiger partial charge on any atom is 0.270 e. The molecule has 138 valence electrons. The molecule has 6 heteroatoms. The van der Waals surface area contributed by atoms with Crippen LogP contribution in [0.15, 0.2) is 83.0 Å². The normalized spacial score (nSPS) is 16.2. The molecular weight excluding hydrogens is 372 g/mol. The fourth-order valence-electron chi connectivity index (χ4n) is 3.08. The molecule has 1 aliphatic rings. The zero-order chi connectivity index (χ0) is 19.7. The molecule has 1 saturated heterocycles. The average molecular weight is 388 g/mol. The summed E-state index contributed by atoms with van der Waals surface area (Å²) in [4.78, 5) is 29.3. The van der Waals surface area contributed by atoms with Crippen molar-refractivity contribution < 1.29 is 14.0 Å². The van der Waals surface area contributed by atoms with Crippen molar-refractivity contribution in [3.05, 3.63) is 89.9 Å². The SMILES string of the molecule is Cc1ccccc1N1C(=O)C(=Cc2ccco2)C(=O)N(c2ccccc2)C1=S. The van der Waals surface area contributed by atoms with Crippen LogP contribution in [0.5, 0.6) is 0 Å². The highest BCUT2D eigenvalue weighted by Gasteiger charge is 2.41. The van der Waals surface area contributed by atoms with Gasteiger partial charge in [-0.1, -0.05) is 36.4 Å². The molecule has 1 aliphatic heterocycles. The van der Waals surface area contributed by atoms with E-state index in [9.17, 15) is 9.59 Å². The average Bonchev–Trinajstić information content (AvgIpc) is 3.21. The largest absolute Gasteiger partial charge is 0.465 e. The van der Waals surface area contributed by atoms with E-state index in [1.807, 2.05) is 49.4 Å². The maximum atomic E-state index is 13.3. The Bertz CT molecular complexity index is 1090. The van der Waals surface area contributed by atoms with Crippen LogP contribution in [0.1, 0.15) is 11.3 Å². The standard InChI is InChI=1S/C22H16N2O3S/c1-15-8-5-6-12-19(15)24-21(26)18(14-17-11-7-13-27-17)20(25)23(22(24)28)16-9-3-2-4-10-16/h2-14H,1H3. The second kappa shape index (κ2) is 7.25. The Labute approximate surface area is 167 Å². The number of hydrogen-bond acceptors (Lipinski definition) is 4. The number of benzene rings is 2. The summed E-state index contributed by atoms with van der Waals surface area (Å²) >= 11 is 5.59. The summed E-state index contributed by atoms with van der Waals surface area (Å²) in [5.74, 6) is -0.544. The van der Waals surface area contributed by atoms with E-state index in [2.05, 4.69) is 0 Å². The van der Waals surface area contributed by atoms with E-state index in [0.29, 0.717) is 17.1 Å². The molecule has 1 aromatic heterocycles. The first-order chi connectivity index (χ1) is 13.6. The van der Waals surface area contributed by atoms with Crippen LogP contribution in [0.4, 0.5) is 11.4 Å². The molecule has 0 bridgehead atoms. The van der Waals surface area contributed by atoms with Gasteiger partial charge < -0.3 is 4.42 Å². The fourth-order valence-corrected chi connectivity index (χ4v) is 3.45. The van der Waals surface area contributed by atoms with Crippen molar-refractivity contribution in [2.24, 2.45) is 0 Å². The first-order valence-electron chi connectivity index (χ1n) is 8.66. The van der Waals surface area contributed by atoms with E-state index in [4.69, 9.17) is 16.6 Å². The molecule has 0 atom stereocenters. The minimum Gasteiger partial charge on any atom is -0.465 e. The van der Waals surface area contributed by atoms with Gasteiger partial charge in [0.2, 0.25) is 0 Å². The first-order valence-corrected chi connectivity index (χ1v) is 9.07. The van der Waals surface area contributed by atoms with E-state index in [0.717, 1.165) is 5.56 Å². The third kappa shape index (κ3) is 3.04. The molecule has 4 rings (SSSR count). The van der Waals surface area contributed by atoms with Gasteiger partial charge in [0.1, 0.15) is 11.3 Å². The Morgan fingerprint density at radius 1 is 0.857 bits per heavy atom. The van der Waals surface area contributed by atoms with Gasteiger partial charge in [0.15, 0.2) is 5.11 Å². The highest BCUT2D eigenvalue weighted by molar-refractivity contribution is 7.81. The molecule has 0 aliphatic carbocycles. The van der Waals surface area contributed by atoms with Crippen LogP contribution in [0.3, 0.4) is 0 Å². The number of carbonyl (C=O) groups is 2. The van der Waals surface area contributed by atoms with Crippen LogP contribution in [-0.4, -0.2) is 16.9 Å². The van der Waals surface area contributed by atoms with Gasteiger partial charge in [0, 0.05) is 0 Å². The van der Waals surface area contributed by atoms with Crippen LogP contribution >= 0.6 is 12.2 Å². The lowest BCUT2D eigenvalue weighted by Gasteiger charge is -2.37. The summed E-state index contributed by atoms with van der Waals surface area (Å²) in [7, 11) is 0. The van der Waals surface area contributed by atoms with Crippen molar-refractivity contribution in [2.75, 3.05) is 9.80 Å². The molecule has 2 aromatic carbocycles. The molecule has 2 amide bonds. The lowest BCUT2D eigenvalue weighted by atomic mass is 10.1. The number of nitrogens with zero attached hydrogens (tertiary/aromatic N) is 2. The molecule has 3 aromatic rings.